The van der Waals surface area contributed by atoms with E-state index in [1.165, 1.54) is 16.7 Å². The number of benzene rings is 2. The second kappa shape index (κ2) is 8.50. The van der Waals surface area contributed by atoms with E-state index < -0.39 is 0 Å². The summed E-state index contributed by atoms with van der Waals surface area (Å²) in [5, 5.41) is 0. The topological polar surface area (TPSA) is 25.2 Å². The number of hydrogen-bond acceptors (Lipinski definition) is 2. The number of thioether (sulfide) groups is 1. The van der Waals surface area contributed by atoms with Crippen LogP contribution in [0.1, 0.15) is 32.7 Å². The standard InChI is InChI=1S/C25H28N2OS/c1-18-4-8-21(9-5-18)17-27-16-20(3)23(22-10-6-19(2)7-11-22)24(27)25(28)26-12-14-29-15-13-26/h4-11,16H,12-15,17H2,1-3H3. The monoisotopic (exact) mass is 404 g/mol. The molecule has 2 heterocycles. The van der Waals surface area contributed by atoms with Gasteiger partial charge in [0.05, 0.1) is 0 Å². The van der Waals surface area contributed by atoms with Gasteiger partial charge >= 0.3 is 0 Å². The van der Waals surface area contributed by atoms with Crippen LogP contribution in [-0.2, 0) is 6.54 Å². The highest BCUT2D eigenvalue weighted by molar-refractivity contribution is 7.99. The van der Waals surface area contributed by atoms with Gasteiger partial charge in [0.1, 0.15) is 5.69 Å². The van der Waals surface area contributed by atoms with E-state index in [0.29, 0.717) is 6.54 Å². The Morgan fingerprint density at radius 2 is 1.48 bits per heavy atom. The fourth-order valence-electron chi connectivity index (χ4n) is 3.94. The SMILES string of the molecule is Cc1ccc(Cn2cc(C)c(-c3ccc(C)cc3)c2C(=O)N2CCSCC2)cc1. The molecule has 3 aromatic rings. The van der Waals surface area contributed by atoms with Gasteiger partial charge in [-0.3, -0.25) is 4.79 Å². The Kier molecular flexibility index (Phi) is 5.81. The van der Waals surface area contributed by atoms with Crippen molar-refractivity contribution in [2.24, 2.45) is 0 Å². The van der Waals surface area contributed by atoms with Gasteiger partial charge in [0.2, 0.25) is 0 Å². The lowest BCUT2D eigenvalue weighted by atomic mass is 10.0. The van der Waals surface area contributed by atoms with Crippen molar-refractivity contribution in [1.29, 1.82) is 0 Å². The van der Waals surface area contributed by atoms with Crippen molar-refractivity contribution < 1.29 is 4.79 Å². The molecule has 0 radical (unpaired) electrons. The van der Waals surface area contributed by atoms with Gasteiger partial charge in [0.15, 0.2) is 0 Å². The van der Waals surface area contributed by atoms with Gasteiger partial charge in [-0.1, -0.05) is 59.7 Å². The molecule has 3 nitrogen and oxygen atoms in total. The molecule has 2 aromatic carbocycles. The van der Waals surface area contributed by atoms with Gasteiger partial charge in [-0.05, 0) is 37.5 Å². The minimum Gasteiger partial charge on any atom is -0.338 e. The van der Waals surface area contributed by atoms with Crippen LogP contribution in [0.3, 0.4) is 0 Å². The number of carbonyl (C=O) groups excluding carboxylic acids is 1. The Labute approximate surface area is 177 Å². The highest BCUT2D eigenvalue weighted by Gasteiger charge is 2.26. The normalized spacial score (nSPS) is 14.2. The van der Waals surface area contributed by atoms with Crippen molar-refractivity contribution >= 4 is 17.7 Å². The minimum absolute atomic E-state index is 0.154. The summed E-state index contributed by atoms with van der Waals surface area (Å²) in [6, 6.07) is 17.1. The predicted octanol–water partition coefficient (Wildman–Crippen LogP) is 5.32. The number of aromatic nitrogens is 1. The molecular formula is C25H28N2OS. The smallest absolute Gasteiger partial charge is 0.271 e. The second-order valence-electron chi connectivity index (χ2n) is 7.92. The lowest BCUT2D eigenvalue weighted by Gasteiger charge is -2.27. The summed E-state index contributed by atoms with van der Waals surface area (Å²) in [5.41, 5.74) is 7.84. The second-order valence-corrected chi connectivity index (χ2v) is 9.14. The summed E-state index contributed by atoms with van der Waals surface area (Å²) < 4.78 is 2.15. The predicted molar refractivity (Wildman–Crippen MR) is 123 cm³/mol. The van der Waals surface area contributed by atoms with Crippen LogP contribution >= 0.6 is 11.8 Å². The number of carbonyl (C=O) groups is 1. The van der Waals surface area contributed by atoms with Crippen molar-refractivity contribution in [1.82, 2.24) is 9.47 Å². The molecule has 4 heteroatoms. The Bertz CT molecular complexity index is 997. The van der Waals surface area contributed by atoms with Crippen LogP contribution in [0, 0.1) is 20.8 Å². The number of amides is 1. The fourth-order valence-corrected chi connectivity index (χ4v) is 4.84. The summed E-state index contributed by atoms with van der Waals surface area (Å²) >= 11 is 1.93. The van der Waals surface area contributed by atoms with Crippen LogP contribution in [0.2, 0.25) is 0 Å². The maximum Gasteiger partial charge on any atom is 0.271 e. The van der Waals surface area contributed by atoms with Gasteiger partial charge in [-0.15, -0.1) is 0 Å². The first kappa shape index (κ1) is 19.8. The summed E-state index contributed by atoms with van der Waals surface area (Å²) in [6.07, 6.45) is 2.14. The number of rotatable bonds is 4. The zero-order valence-corrected chi connectivity index (χ0v) is 18.3. The number of hydrogen-bond donors (Lipinski definition) is 0. The van der Waals surface area contributed by atoms with Crippen LogP contribution in [0.5, 0.6) is 0 Å². The fraction of sp³-hybridized carbons (Fsp3) is 0.320. The van der Waals surface area contributed by atoms with E-state index in [4.69, 9.17) is 0 Å². The zero-order valence-electron chi connectivity index (χ0n) is 17.4. The third-order valence-electron chi connectivity index (χ3n) is 5.58. The van der Waals surface area contributed by atoms with Gasteiger partial charge in [0.25, 0.3) is 5.91 Å². The van der Waals surface area contributed by atoms with Crippen molar-refractivity contribution in [3.8, 4) is 11.1 Å². The lowest BCUT2D eigenvalue weighted by molar-refractivity contribution is 0.0763. The molecule has 1 aliphatic heterocycles. The Morgan fingerprint density at radius 3 is 2.10 bits per heavy atom. The first-order valence-corrected chi connectivity index (χ1v) is 11.4. The lowest BCUT2D eigenvalue weighted by Crippen LogP contribution is -2.39. The Balaban J connectivity index is 1.79. The average molecular weight is 405 g/mol. The van der Waals surface area contributed by atoms with E-state index in [-0.39, 0.29) is 5.91 Å². The van der Waals surface area contributed by atoms with Gasteiger partial charge in [0, 0.05) is 42.9 Å². The molecule has 4 rings (SSSR count). The van der Waals surface area contributed by atoms with E-state index in [9.17, 15) is 4.79 Å². The molecule has 1 aliphatic rings. The summed E-state index contributed by atoms with van der Waals surface area (Å²) in [4.78, 5) is 15.7. The minimum atomic E-state index is 0.154. The van der Waals surface area contributed by atoms with Crippen LogP contribution in [0.4, 0.5) is 0 Å². The van der Waals surface area contributed by atoms with E-state index in [1.807, 2.05) is 16.7 Å². The first-order valence-electron chi connectivity index (χ1n) is 10.2. The van der Waals surface area contributed by atoms with Crippen molar-refractivity contribution in [3.63, 3.8) is 0 Å². The van der Waals surface area contributed by atoms with Crippen molar-refractivity contribution in [2.45, 2.75) is 27.3 Å². The molecule has 29 heavy (non-hydrogen) atoms. The highest BCUT2D eigenvalue weighted by Crippen LogP contribution is 2.31. The molecule has 1 amide bonds. The largest absolute Gasteiger partial charge is 0.338 e. The van der Waals surface area contributed by atoms with E-state index in [2.05, 4.69) is 80.1 Å². The van der Waals surface area contributed by atoms with Crippen LogP contribution in [-0.4, -0.2) is 40.0 Å². The van der Waals surface area contributed by atoms with E-state index in [0.717, 1.165) is 47.0 Å². The van der Waals surface area contributed by atoms with E-state index in [1.54, 1.807) is 0 Å². The van der Waals surface area contributed by atoms with E-state index >= 15 is 0 Å². The average Bonchev–Trinajstić information content (AvgIpc) is 3.06. The molecule has 0 saturated carbocycles. The van der Waals surface area contributed by atoms with Gasteiger partial charge < -0.3 is 9.47 Å². The first-order chi connectivity index (χ1) is 14.0. The highest BCUT2D eigenvalue weighted by atomic mass is 32.2. The third kappa shape index (κ3) is 4.27. The third-order valence-corrected chi connectivity index (χ3v) is 6.52. The maximum absolute atomic E-state index is 13.6. The van der Waals surface area contributed by atoms with Crippen molar-refractivity contribution in [3.05, 3.63) is 82.7 Å². The molecule has 0 aliphatic carbocycles. The zero-order chi connectivity index (χ0) is 20.4. The molecule has 150 valence electrons. The van der Waals surface area contributed by atoms with Gasteiger partial charge in [-0.2, -0.15) is 11.8 Å². The number of aryl methyl sites for hydroxylation is 3. The van der Waals surface area contributed by atoms with Crippen LogP contribution in [0.15, 0.2) is 54.7 Å². The molecule has 1 aromatic heterocycles. The molecule has 0 bridgehead atoms. The van der Waals surface area contributed by atoms with Crippen LogP contribution in [0.25, 0.3) is 11.1 Å². The van der Waals surface area contributed by atoms with Crippen molar-refractivity contribution in [2.75, 3.05) is 24.6 Å². The Morgan fingerprint density at radius 1 is 0.897 bits per heavy atom. The summed E-state index contributed by atoms with van der Waals surface area (Å²) in [6.45, 7) is 8.66. The summed E-state index contributed by atoms with van der Waals surface area (Å²) in [5.74, 6) is 2.19. The molecule has 1 fully saturated rings. The molecule has 0 N–H and O–H groups in total. The molecule has 0 atom stereocenters. The molecular weight excluding hydrogens is 376 g/mol. The summed E-state index contributed by atoms with van der Waals surface area (Å²) in [7, 11) is 0. The molecule has 0 spiro atoms. The van der Waals surface area contributed by atoms with Crippen LogP contribution < -0.4 is 0 Å². The molecule has 1 saturated heterocycles. The maximum atomic E-state index is 13.6. The van der Waals surface area contributed by atoms with Gasteiger partial charge in [-0.25, -0.2) is 0 Å². The molecule has 0 unspecified atom stereocenters. The number of nitrogens with zero attached hydrogens (tertiary/aromatic N) is 2. The quantitative estimate of drug-likeness (QED) is 0.588. The Hall–Kier alpha value is -2.46.